The monoisotopic (exact) mass is 461 g/mol. The van der Waals surface area contributed by atoms with Crippen molar-refractivity contribution in [1.82, 2.24) is 14.7 Å². The van der Waals surface area contributed by atoms with Gasteiger partial charge in [-0.15, -0.1) is 0 Å². The number of likely N-dealkylation sites (tertiary alicyclic amines) is 1. The van der Waals surface area contributed by atoms with Crippen molar-refractivity contribution >= 4 is 29.4 Å². The van der Waals surface area contributed by atoms with Crippen LogP contribution in [0.2, 0.25) is 5.02 Å². The van der Waals surface area contributed by atoms with Crippen molar-refractivity contribution in [3.05, 3.63) is 70.9 Å². The maximum absolute atomic E-state index is 12.0. The third-order valence-electron chi connectivity index (χ3n) is 6.41. The van der Waals surface area contributed by atoms with E-state index in [2.05, 4.69) is 11.3 Å². The summed E-state index contributed by atoms with van der Waals surface area (Å²) in [6, 6.07) is 11.9. The zero-order chi connectivity index (χ0) is 23.7. The summed E-state index contributed by atoms with van der Waals surface area (Å²) in [4.78, 5) is 13.8. The van der Waals surface area contributed by atoms with Crippen molar-refractivity contribution in [2.45, 2.75) is 32.7 Å². The van der Waals surface area contributed by atoms with E-state index in [1.165, 1.54) is 12.3 Å². The summed E-state index contributed by atoms with van der Waals surface area (Å²) in [5, 5.41) is 13.7. The summed E-state index contributed by atoms with van der Waals surface area (Å²) < 4.78 is 2.07. The average molecular weight is 462 g/mol. The number of aromatic nitrogens is 2. The first-order valence-electron chi connectivity index (χ1n) is 11.0. The van der Waals surface area contributed by atoms with Gasteiger partial charge in [0.25, 0.3) is 0 Å². The van der Waals surface area contributed by atoms with Crippen molar-refractivity contribution in [3.8, 4) is 22.4 Å². The summed E-state index contributed by atoms with van der Waals surface area (Å²) >= 11 is 6.83. The Labute approximate surface area is 199 Å². The van der Waals surface area contributed by atoms with Gasteiger partial charge >= 0.3 is 0 Å². The molecule has 7 heteroatoms. The Kier molecular flexibility index (Phi) is 6.38. The summed E-state index contributed by atoms with van der Waals surface area (Å²) in [7, 11) is 0. The number of nitrogens with one attached hydrogen (secondary N) is 1. The van der Waals surface area contributed by atoms with Crippen LogP contribution in [0.15, 0.2) is 49.1 Å². The first kappa shape index (κ1) is 22.8. The van der Waals surface area contributed by atoms with Crippen LogP contribution in [0.4, 0.5) is 5.69 Å². The summed E-state index contributed by atoms with van der Waals surface area (Å²) in [6.07, 6.45) is 4.24. The lowest BCUT2D eigenvalue weighted by Crippen LogP contribution is -2.38. The minimum Gasteiger partial charge on any atom is -0.398 e. The van der Waals surface area contributed by atoms with Crippen molar-refractivity contribution < 1.29 is 4.79 Å². The Morgan fingerprint density at radius 1 is 1.21 bits per heavy atom. The molecule has 3 N–H and O–H groups in total. The van der Waals surface area contributed by atoms with Crippen molar-refractivity contribution in [1.29, 1.82) is 5.41 Å². The van der Waals surface area contributed by atoms with Gasteiger partial charge in [-0.3, -0.25) is 9.48 Å². The number of anilines is 1. The van der Waals surface area contributed by atoms with Gasteiger partial charge in [-0.25, -0.2) is 0 Å². The third-order valence-corrected chi connectivity index (χ3v) is 6.89. The van der Waals surface area contributed by atoms with Crippen LogP contribution in [0, 0.1) is 19.3 Å². The molecular weight excluding hydrogens is 434 g/mol. The molecular formula is C26H28ClN5O. The summed E-state index contributed by atoms with van der Waals surface area (Å²) in [6.45, 7) is 8.88. The second kappa shape index (κ2) is 9.24. The second-order valence-electron chi connectivity index (χ2n) is 8.41. The molecule has 0 bridgehead atoms. The molecule has 6 nitrogen and oxygen atoms in total. The molecule has 4 rings (SSSR count). The van der Waals surface area contributed by atoms with Crippen LogP contribution in [0.3, 0.4) is 0 Å². The Morgan fingerprint density at radius 2 is 1.88 bits per heavy atom. The average Bonchev–Trinajstić information content (AvgIpc) is 3.18. The van der Waals surface area contributed by atoms with Crippen LogP contribution in [0.1, 0.15) is 35.7 Å². The third kappa shape index (κ3) is 4.07. The fraction of sp³-hybridized carbons (Fsp3) is 0.269. The highest BCUT2D eigenvalue weighted by Gasteiger charge is 2.29. The molecule has 1 aliphatic heterocycles. The highest BCUT2D eigenvalue weighted by Crippen LogP contribution is 2.44. The van der Waals surface area contributed by atoms with Crippen LogP contribution in [-0.2, 0) is 4.79 Å². The molecule has 33 heavy (non-hydrogen) atoms. The maximum atomic E-state index is 12.0. The van der Waals surface area contributed by atoms with E-state index in [1.807, 2.05) is 49.1 Å². The van der Waals surface area contributed by atoms with Crippen molar-refractivity contribution in [2.24, 2.45) is 0 Å². The number of hydrogen-bond donors (Lipinski definition) is 2. The molecule has 0 aliphatic carbocycles. The number of amides is 1. The number of hydrogen-bond acceptors (Lipinski definition) is 4. The smallest absolute Gasteiger partial charge is 0.245 e. The molecule has 1 aromatic heterocycles. The van der Waals surface area contributed by atoms with E-state index >= 15 is 0 Å². The van der Waals surface area contributed by atoms with Gasteiger partial charge in [-0.05, 0) is 44.4 Å². The van der Waals surface area contributed by atoms with Gasteiger partial charge in [0.2, 0.25) is 5.91 Å². The van der Waals surface area contributed by atoms with E-state index in [0.717, 1.165) is 46.5 Å². The largest absolute Gasteiger partial charge is 0.398 e. The standard InChI is InChI=1S/C26H28ClN5O/c1-4-22(33)31-12-10-19(11-13-31)32-17(3)23(26(30-32)18-8-6-5-7-9-18)24-20(15-28)21(29)14-16(2)25(24)27/h4-9,14-15,19,28H,1,10-13,29H2,2-3H3. The maximum Gasteiger partial charge on any atom is 0.245 e. The topological polar surface area (TPSA) is 88.0 Å². The first-order valence-corrected chi connectivity index (χ1v) is 11.4. The number of nitrogens with two attached hydrogens (primary N) is 1. The SMILES string of the molecule is C=CC(=O)N1CCC(n2nc(-c3ccccc3)c(-c3c(Cl)c(C)cc(N)c3C=N)c2C)CC1. The van der Waals surface area contributed by atoms with Gasteiger partial charge in [0.05, 0.1) is 11.1 Å². The minimum absolute atomic E-state index is 0.0334. The zero-order valence-electron chi connectivity index (χ0n) is 18.9. The van der Waals surface area contributed by atoms with Crippen LogP contribution in [0.5, 0.6) is 0 Å². The fourth-order valence-electron chi connectivity index (χ4n) is 4.67. The predicted octanol–water partition coefficient (Wildman–Crippen LogP) is 5.42. The molecule has 3 aromatic rings. The minimum atomic E-state index is -0.0334. The Morgan fingerprint density at radius 3 is 2.48 bits per heavy atom. The molecule has 1 amide bonds. The van der Waals surface area contributed by atoms with Gasteiger partial charge in [0, 0.05) is 52.9 Å². The highest BCUT2D eigenvalue weighted by molar-refractivity contribution is 6.35. The predicted molar refractivity (Wildman–Crippen MR) is 135 cm³/mol. The van der Waals surface area contributed by atoms with E-state index in [4.69, 9.17) is 27.8 Å². The molecule has 0 spiro atoms. The van der Waals surface area contributed by atoms with Crippen LogP contribution < -0.4 is 5.73 Å². The normalized spacial score (nSPS) is 14.3. The number of nitrogen functional groups attached to an aromatic ring is 1. The van der Waals surface area contributed by atoms with Gasteiger partial charge in [-0.1, -0.05) is 48.5 Å². The molecule has 0 atom stereocenters. The first-order chi connectivity index (χ1) is 15.9. The molecule has 0 unspecified atom stereocenters. The van der Waals surface area contributed by atoms with Crippen LogP contribution in [-0.4, -0.2) is 39.9 Å². The Balaban J connectivity index is 1.89. The number of nitrogens with zero attached hydrogens (tertiary/aromatic N) is 3. The molecule has 170 valence electrons. The number of rotatable bonds is 5. The number of benzene rings is 2. The highest BCUT2D eigenvalue weighted by atomic mass is 35.5. The van der Waals surface area contributed by atoms with Gasteiger partial charge in [0.15, 0.2) is 0 Å². The number of halogens is 1. The number of carbonyl (C=O) groups excluding carboxylic acids is 1. The van der Waals surface area contributed by atoms with E-state index in [0.29, 0.717) is 29.4 Å². The molecule has 1 fully saturated rings. The number of aryl methyl sites for hydroxylation is 1. The van der Waals surface area contributed by atoms with Gasteiger partial charge < -0.3 is 16.0 Å². The molecule has 2 heterocycles. The molecule has 2 aromatic carbocycles. The summed E-state index contributed by atoms with van der Waals surface area (Å²) in [5.74, 6) is -0.0334. The fourth-order valence-corrected chi connectivity index (χ4v) is 4.92. The lowest BCUT2D eigenvalue weighted by molar-refractivity contribution is -0.127. The molecule has 0 saturated carbocycles. The quantitative estimate of drug-likeness (QED) is 0.302. The lowest BCUT2D eigenvalue weighted by Gasteiger charge is -2.32. The molecule has 1 aliphatic rings. The van der Waals surface area contributed by atoms with E-state index in [1.54, 1.807) is 6.07 Å². The van der Waals surface area contributed by atoms with Gasteiger partial charge in [0.1, 0.15) is 5.69 Å². The Hall–Kier alpha value is -3.38. The van der Waals surface area contributed by atoms with E-state index in [-0.39, 0.29) is 11.9 Å². The summed E-state index contributed by atoms with van der Waals surface area (Å²) in [5.41, 5.74) is 12.7. The van der Waals surface area contributed by atoms with Crippen molar-refractivity contribution in [3.63, 3.8) is 0 Å². The zero-order valence-corrected chi connectivity index (χ0v) is 19.7. The Bertz CT molecular complexity index is 1220. The van der Waals surface area contributed by atoms with E-state index < -0.39 is 0 Å². The van der Waals surface area contributed by atoms with E-state index in [9.17, 15) is 4.79 Å². The number of carbonyl (C=O) groups is 1. The van der Waals surface area contributed by atoms with Crippen LogP contribution in [0.25, 0.3) is 22.4 Å². The lowest BCUT2D eigenvalue weighted by atomic mass is 9.92. The second-order valence-corrected chi connectivity index (χ2v) is 8.79. The van der Waals surface area contributed by atoms with Crippen LogP contribution >= 0.6 is 11.6 Å². The van der Waals surface area contributed by atoms with Crippen molar-refractivity contribution in [2.75, 3.05) is 18.8 Å². The van der Waals surface area contributed by atoms with Gasteiger partial charge in [-0.2, -0.15) is 5.10 Å². The number of piperidine rings is 1. The molecule has 1 saturated heterocycles. The molecule has 0 radical (unpaired) electrons.